The zero-order valence-corrected chi connectivity index (χ0v) is 9.48. The van der Waals surface area contributed by atoms with Gasteiger partial charge in [0.2, 0.25) is 0 Å². The molecular weight excluding hydrogens is 218 g/mol. The Labute approximate surface area is 99.6 Å². The molecule has 1 saturated heterocycles. The molecule has 0 aliphatic carbocycles. The Hall–Kier alpha value is -1.55. The van der Waals surface area contributed by atoms with E-state index in [4.69, 9.17) is 4.74 Å². The van der Waals surface area contributed by atoms with Gasteiger partial charge in [0.1, 0.15) is 5.75 Å². The van der Waals surface area contributed by atoms with Crippen LogP contribution in [-0.2, 0) is 10.2 Å². The Morgan fingerprint density at radius 3 is 3.12 bits per heavy atom. The highest BCUT2D eigenvalue weighted by Gasteiger charge is 2.50. The summed E-state index contributed by atoms with van der Waals surface area (Å²) >= 11 is 0. The number of benzene rings is 1. The summed E-state index contributed by atoms with van der Waals surface area (Å²) in [5.74, 6) is -0.229. The molecule has 1 spiro atoms. The Bertz CT molecular complexity index is 460. The summed E-state index contributed by atoms with van der Waals surface area (Å²) in [7, 11) is 0. The summed E-state index contributed by atoms with van der Waals surface area (Å²) in [6.07, 6.45) is 0.772. The Kier molecular flexibility index (Phi) is 2.33. The summed E-state index contributed by atoms with van der Waals surface area (Å²) in [5.41, 5.74) is 0.754. The number of carboxylic acids is 1. The van der Waals surface area contributed by atoms with Gasteiger partial charge in [0.15, 0.2) is 0 Å². The second-order valence-electron chi connectivity index (χ2n) is 4.77. The van der Waals surface area contributed by atoms with Gasteiger partial charge in [-0.3, -0.25) is 4.79 Å². The van der Waals surface area contributed by atoms with E-state index in [1.54, 1.807) is 0 Å². The Morgan fingerprint density at radius 1 is 1.47 bits per heavy atom. The van der Waals surface area contributed by atoms with Crippen molar-refractivity contribution in [3.8, 4) is 5.75 Å². The first-order chi connectivity index (χ1) is 8.24. The van der Waals surface area contributed by atoms with Crippen molar-refractivity contribution >= 4 is 5.97 Å². The number of carboxylic acid groups (broad SMARTS) is 1. The van der Waals surface area contributed by atoms with Crippen LogP contribution >= 0.6 is 0 Å². The predicted octanol–water partition coefficient (Wildman–Crippen LogP) is 1.01. The van der Waals surface area contributed by atoms with Crippen LogP contribution in [0.1, 0.15) is 12.0 Å². The third-order valence-corrected chi connectivity index (χ3v) is 3.98. The van der Waals surface area contributed by atoms with Crippen molar-refractivity contribution in [1.82, 2.24) is 5.32 Å². The molecule has 2 N–H and O–H groups in total. The maximum atomic E-state index is 11.4. The molecule has 4 nitrogen and oxygen atoms in total. The minimum absolute atomic E-state index is 0.291. The lowest BCUT2D eigenvalue weighted by Crippen LogP contribution is -2.43. The largest absolute Gasteiger partial charge is 0.493 e. The average molecular weight is 233 g/mol. The smallest absolute Gasteiger partial charge is 0.308 e. The number of hydrogen-bond donors (Lipinski definition) is 2. The van der Waals surface area contributed by atoms with Gasteiger partial charge in [0, 0.05) is 24.1 Å². The molecule has 2 unspecified atom stereocenters. The fraction of sp³-hybridized carbons (Fsp3) is 0.462. The number of carbonyl (C=O) groups is 1. The van der Waals surface area contributed by atoms with E-state index in [-0.39, 0.29) is 11.3 Å². The molecule has 90 valence electrons. The molecule has 1 fully saturated rings. The molecular formula is C13H15NO3. The standard InChI is InChI=1S/C13H15NO3/c15-12(16)10-7-14-8-13(10)5-6-17-11-4-2-1-3-9(11)13/h1-4,10,14H,5-8H2,(H,15,16). The number of ether oxygens (including phenoxy) is 1. The molecule has 0 saturated carbocycles. The van der Waals surface area contributed by atoms with Gasteiger partial charge in [-0.2, -0.15) is 0 Å². The molecule has 2 aliphatic heterocycles. The van der Waals surface area contributed by atoms with Crippen molar-refractivity contribution in [3.63, 3.8) is 0 Å². The van der Waals surface area contributed by atoms with Gasteiger partial charge in [0.05, 0.1) is 12.5 Å². The summed E-state index contributed by atoms with van der Waals surface area (Å²) in [4.78, 5) is 11.4. The quantitative estimate of drug-likeness (QED) is 0.760. The topological polar surface area (TPSA) is 58.6 Å². The molecule has 17 heavy (non-hydrogen) atoms. The number of aliphatic carboxylic acids is 1. The lowest BCUT2D eigenvalue weighted by Gasteiger charge is -2.38. The zero-order valence-electron chi connectivity index (χ0n) is 9.48. The molecule has 4 heteroatoms. The van der Waals surface area contributed by atoms with Crippen molar-refractivity contribution in [3.05, 3.63) is 29.8 Å². The SMILES string of the molecule is O=C(O)C1CNCC12CCOc1ccccc12. The molecule has 0 amide bonds. The summed E-state index contributed by atoms with van der Waals surface area (Å²) in [5, 5.41) is 12.6. The van der Waals surface area contributed by atoms with E-state index in [1.165, 1.54) is 0 Å². The second kappa shape index (κ2) is 3.74. The van der Waals surface area contributed by atoms with Crippen LogP contribution in [0.5, 0.6) is 5.75 Å². The Morgan fingerprint density at radius 2 is 2.29 bits per heavy atom. The molecule has 0 aromatic heterocycles. The van der Waals surface area contributed by atoms with Gasteiger partial charge in [-0.05, 0) is 12.5 Å². The Balaban J connectivity index is 2.12. The highest BCUT2D eigenvalue weighted by molar-refractivity contribution is 5.74. The van der Waals surface area contributed by atoms with Crippen LogP contribution in [-0.4, -0.2) is 30.8 Å². The zero-order chi connectivity index (χ0) is 11.9. The first-order valence-corrected chi connectivity index (χ1v) is 5.90. The molecule has 1 aromatic carbocycles. The summed E-state index contributed by atoms with van der Waals surface area (Å²) in [6, 6.07) is 7.80. The van der Waals surface area contributed by atoms with Gasteiger partial charge >= 0.3 is 5.97 Å². The van der Waals surface area contributed by atoms with E-state index in [1.807, 2.05) is 24.3 Å². The van der Waals surface area contributed by atoms with E-state index in [0.29, 0.717) is 13.2 Å². The average Bonchev–Trinajstić information content (AvgIpc) is 2.74. The fourth-order valence-electron chi connectivity index (χ4n) is 3.11. The molecule has 2 heterocycles. The van der Waals surface area contributed by atoms with E-state index in [0.717, 1.165) is 24.3 Å². The van der Waals surface area contributed by atoms with Gasteiger partial charge in [-0.15, -0.1) is 0 Å². The van der Waals surface area contributed by atoms with E-state index in [2.05, 4.69) is 5.32 Å². The number of fused-ring (bicyclic) bond motifs is 2. The molecule has 0 radical (unpaired) electrons. The van der Waals surface area contributed by atoms with E-state index >= 15 is 0 Å². The van der Waals surface area contributed by atoms with E-state index in [9.17, 15) is 9.90 Å². The minimum atomic E-state index is -0.716. The van der Waals surface area contributed by atoms with Crippen LogP contribution in [0.2, 0.25) is 0 Å². The molecule has 2 aliphatic rings. The molecule has 3 rings (SSSR count). The monoisotopic (exact) mass is 233 g/mol. The third kappa shape index (κ3) is 1.44. The van der Waals surface area contributed by atoms with Crippen molar-refractivity contribution in [2.75, 3.05) is 19.7 Å². The number of nitrogens with one attached hydrogen (secondary N) is 1. The highest BCUT2D eigenvalue weighted by Crippen LogP contribution is 2.45. The van der Waals surface area contributed by atoms with Gasteiger partial charge in [-0.25, -0.2) is 0 Å². The van der Waals surface area contributed by atoms with Crippen LogP contribution in [0, 0.1) is 5.92 Å². The van der Waals surface area contributed by atoms with Gasteiger partial charge in [-0.1, -0.05) is 18.2 Å². The van der Waals surface area contributed by atoms with Crippen LogP contribution in [0.15, 0.2) is 24.3 Å². The molecule has 2 atom stereocenters. The second-order valence-corrected chi connectivity index (χ2v) is 4.77. The summed E-state index contributed by atoms with van der Waals surface area (Å²) < 4.78 is 5.62. The van der Waals surface area contributed by atoms with Crippen LogP contribution in [0.25, 0.3) is 0 Å². The van der Waals surface area contributed by atoms with Crippen LogP contribution in [0.4, 0.5) is 0 Å². The normalized spacial score (nSPS) is 30.9. The third-order valence-electron chi connectivity index (χ3n) is 3.98. The van der Waals surface area contributed by atoms with Gasteiger partial charge < -0.3 is 15.2 Å². The van der Waals surface area contributed by atoms with Crippen molar-refractivity contribution < 1.29 is 14.6 Å². The molecule has 1 aromatic rings. The lowest BCUT2D eigenvalue weighted by molar-refractivity contribution is -0.143. The first-order valence-electron chi connectivity index (χ1n) is 5.90. The van der Waals surface area contributed by atoms with Crippen molar-refractivity contribution in [2.45, 2.75) is 11.8 Å². The maximum Gasteiger partial charge on any atom is 0.308 e. The van der Waals surface area contributed by atoms with Crippen LogP contribution in [0.3, 0.4) is 0 Å². The van der Waals surface area contributed by atoms with Gasteiger partial charge in [0.25, 0.3) is 0 Å². The molecule has 0 bridgehead atoms. The number of hydrogen-bond acceptors (Lipinski definition) is 3. The highest BCUT2D eigenvalue weighted by atomic mass is 16.5. The minimum Gasteiger partial charge on any atom is -0.493 e. The van der Waals surface area contributed by atoms with Crippen molar-refractivity contribution in [2.24, 2.45) is 5.92 Å². The maximum absolute atomic E-state index is 11.4. The van der Waals surface area contributed by atoms with Crippen molar-refractivity contribution in [1.29, 1.82) is 0 Å². The first kappa shape index (κ1) is 10.6. The van der Waals surface area contributed by atoms with E-state index < -0.39 is 5.97 Å². The lowest BCUT2D eigenvalue weighted by atomic mass is 9.69. The van der Waals surface area contributed by atoms with Crippen LogP contribution < -0.4 is 10.1 Å². The predicted molar refractivity (Wildman–Crippen MR) is 62.2 cm³/mol. The fourth-order valence-corrected chi connectivity index (χ4v) is 3.11. The summed E-state index contributed by atoms with van der Waals surface area (Å²) in [6.45, 7) is 1.87. The number of para-hydroxylation sites is 1. The number of rotatable bonds is 1.